The maximum absolute atomic E-state index is 13.9. The van der Waals surface area contributed by atoms with E-state index in [9.17, 15) is 9.18 Å². The van der Waals surface area contributed by atoms with Crippen molar-refractivity contribution in [2.45, 2.75) is 39.7 Å². The van der Waals surface area contributed by atoms with E-state index >= 15 is 0 Å². The molecule has 5 heteroatoms. The van der Waals surface area contributed by atoms with Crippen molar-refractivity contribution in [3.63, 3.8) is 0 Å². The SMILES string of the molecule is COc1cc(C)c([C@@H](C)NC(=O)c2ccc(Cl)cc2F)cc1C(C)C. The lowest BCUT2D eigenvalue weighted by Crippen LogP contribution is -2.28. The minimum Gasteiger partial charge on any atom is -0.496 e. The fourth-order valence-corrected chi connectivity index (χ4v) is 2.99. The van der Waals surface area contributed by atoms with Gasteiger partial charge in [0.2, 0.25) is 0 Å². The second kappa shape index (κ2) is 7.87. The summed E-state index contributed by atoms with van der Waals surface area (Å²) >= 11 is 5.74. The van der Waals surface area contributed by atoms with Crippen LogP contribution in [0, 0.1) is 12.7 Å². The number of rotatable bonds is 5. The van der Waals surface area contributed by atoms with E-state index < -0.39 is 11.7 Å². The van der Waals surface area contributed by atoms with Crippen LogP contribution in [0.1, 0.15) is 59.8 Å². The third-order valence-electron chi connectivity index (χ3n) is 4.23. The van der Waals surface area contributed by atoms with Crippen molar-refractivity contribution in [1.29, 1.82) is 0 Å². The Bertz CT molecular complexity index is 790. The van der Waals surface area contributed by atoms with Crippen LogP contribution >= 0.6 is 11.6 Å². The van der Waals surface area contributed by atoms with Gasteiger partial charge in [-0.2, -0.15) is 0 Å². The van der Waals surface area contributed by atoms with E-state index in [1.165, 1.54) is 12.1 Å². The molecule has 0 saturated heterocycles. The van der Waals surface area contributed by atoms with Crippen LogP contribution in [0.4, 0.5) is 4.39 Å². The molecular formula is C20H23ClFNO2. The van der Waals surface area contributed by atoms with Crippen LogP contribution < -0.4 is 10.1 Å². The molecule has 0 radical (unpaired) electrons. The van der Waals surface area contributed by atoms with Crippen molar-refractivity contribution in [3.8, 4) is 5.75 Å². The zero-order valence-corrected chi connectivity index (χ0v) is 15.9. The standard InChI is InChI=1S/C20H23ClFNO2/c1-11(2)16-10-17(12(3)8-19(16)25-5)13(4)23-20(24)15-7-6-14(21)9-18(15)22/h6-11,13H,1-5H3,(H,23,24)/t13-/m1/s1. The third kappa shape index (κ3) is 4.31. The summed E-state index contributed by atoms with van der Waals surface area (Å²) in [5.74, 6) is 0.0129. The molecule has 2 rings (SSSR count). The monoisotopic (exact) mass is 363 g/mol. The lowest BCUT2D eigenvalue weighted by molar-refractivity contribution is 0.0936. The second-order valence-corrected chi connectivity index (χ2v) is 6.86. The van der Waals surface area contributed by atoms with Gasteiger partial charge in [0, 0.05) is 5.02 Å². The molecule has 2 aromatic carbocycles. The molecule has 0 aliphatic rings. The van der Waals surface area contributed by atoms with Crippen molar-refractivity contribution in [3.05, 3.63) is 63.4 Å². The number of aryl methyl sites for hydroxylation is 1. The highest BCUT2D eigenvalue weighted by Gasteiger charge is 2.19. The first-order valence-electron chi connectivity index (χ1n) is 8.19. The Morgan fingerprint density at radius 2 is 1.84 bits per heavy atom. The first-order valence-corrected chi connectivity index (χ1v) is 8.56. The summed E-state index contributed by atoms with van der Waals surface area (Å²) in [6.07, 6.45) is 0. The Labute approximate surface area is 153 Å². The molecule has 134 valence electrons. The molecule has 1 atom stereocenters. The zero-order chi connectivity index (χ0) is 18.7. The number of ether oxygens (including phenoxy) is 1. The molecule has 25 heavy (non-hydrogen) atoms. The van der Waals surface area contributed by atoms with Crippen molar-refractivity contribution in [2.75, 3.05) is 7.11 Å². The summed E-state index contributed by atoms with van der Waals surface area (Å²) in [4.78, 5) is 12.4. The van der Waals surface area contributed by atoms with Gasteiger partial charge in [-0.05, 0) is 66.8 Å². The highest BCUT2D eigenvalue weighted by Crippen LogP contribution is 2.32. The minimum absolute atomic E-state index is 0.0218. The Morgan fingerprint density at radius 3 is 2.40 bits per heavy atom. The number of hydrogen-bond donors (Lipinski definition) is 1. The van der Waals surface area contributed by atoms with Crippen LogP contribution in [0.3, 0.4) is 0 Å². The number of methoxy groups -OCH3 is 1. The zero-order valence-electron chi connectivity index (χ0n) is 15.1. The van der Waals surface area contributed by atoms with Gasteiger partial charge in [0.15, 0.2) is 0 Å². The largest absolute Gasteiger partial charge is 0.496 e. The van der Waals surface area contributed by atoms with Gasteiger partial charge in [-0.25, -0.2) is 4.39 Å². The summed E-state index contributed by atoms with van der Waals surface area (Å²) in [6, 6.07) is 7.76. The van der Waals surface area contributed by atoms with E-state index in [4.69, 9.17) is 16.3 Å². The van der Waals surface area contributed by atoms with Gasteiger partial charge in [-0.15, -0.1) is 0 Å². The van der Waals surface area contributed by atoms with Crippen LogP contribution in [0.5, 0.6) is 5.75 Å². The maximum atomic E-state index is 13.9. The van der Waals surface area contributed by atoms with Crippen LogP contribution in [0.2, 0.25) is 5.02 Å². The average Bonchev–Trinajstić information content (AvgIpc) is 2.53. The van der Waals surface area contributed by atoms with E-state index in [1.54, 1.807) is 7.11 Å². The maximum Gasteiger partial charge on any atom is 0.254 e. The average molecular weight is 364 g/mol. The Morgan fingerprint density at radius 1 is 1.16 bits per heavy atom. The fourth-order valence-electron chi connectivity index (χ4n) is 2.84. The predicted octanol–water partition coefficient (Wildman–Crippen LogP) is 5.41. The number of amides is 1. The quantitative estimate of drug-likeness (QED) is 0.771. The molecule has 1 amide bonds. The summed E-state index contributed by atoms with van der Waals surface area (Å²) < 4.78 is 19.4. The lowest BCUT2D eigenvalue weighted by atomic mass is 9.93. The number of halogens is 2. The van der Waals surface area contributed by atoms with Gasteiger partial charge in [0.1, 0.15) is 11.6 Å². The van der Waals surface area contributed by atoms with Crippen LogP contribution in [-0.4, -0.2) is 13.0 Å². The molecule has 1 N–H and O–H groups in total. The van der Waals surface area contributed by atoms with Crippen molar-refractivity contribution in [2.24, 2.45) is 0 Å². The molecule has 0 saturated carbocycles. The van der Waals surface area contributed by atoms with Gasteiger partial charge in [0.25, 0.3) is 5.91 Å². The number of hydrogen-bond acceptors (Lipinski definition) is 2. The summed E-state index contributed by atoms with van der Waals surface area (Å²) in [5.41, 5.74) is 3.03. The highest BCUT2D eigenvalue weighted by molar-refractivity contribution is 6.30. The van der Waals surface area contributed by atoms with Gasteiger partial charge < -0.3 is 10.1 Å². The van der Waals surface area contributed by atoms with E-state index in [-0.39, 0.29) is 22.5 Å². The molecule has 0 aromatic heterocycles. The molecule has 3 nitrogen and oxygen atoms in total. The first-order chi connectivity index (χ1) is 11.7. The second-order valence-electron chi connectivity index (χ2n) is 6.42. The van der Waals surface area contributed by atoms with E-state index in [1.807, 2.05) is 26.0 Å². The highest BCUT2D eigenvalue weighted by atomic mass is 35.5. The van der Waals surface area contributed by atoms with Crippen LogP contribution in [0.15, 0.2) is 30.3 Å². The molecule has 0 heterocycles. The Kier molecular flexibility index (Phi) is 6.07. The fraction of sp³-hybridized carbons (Fsp3) is 0.350. The molecule has 0 fully saturated rings. The van der Waals surface area contributed by atoms with E-state index in [0.29, 0.717) is 0 Å². The number of nitrogens with one attached hydrogen (secondary N) is 1. The normalized spacial score (nSPS) is 12.2. The summed E-state index contributed by atoms with van der Waals surface area (Å²) in [5, 5.41) is 3.11. The smallest absolute Gasteiger partial charge is 0.254 e. The van der Waals surface area contributed by atoms with Crippen LogP contribution in [-0.2, 0) is 0 Å². The molecular weight excluding hydrogens is 341 g/mol. The van der Waals surface area contributed by atoms with Crippen LogP contribution in [0.25, 0.3) is 0 Å². The lowest BCUT2D eigenvalue weighted by Gasteiger charge is -2.21. The molecule has 0 spiro atoms. The van der Waals surface area contributed by atoms with Crippen molar-refractivity contribution < 1.29 is 13.9 Å². The van der Waals surface area contributed by atoms with E-state index in [2.05, 4.69) is 19.2 Å². The first kappa shape index (κ1) is 19.3. The molecule has 0 aliphatic heterocycles. The molecule has 0 bridgehead atoms. The Hall–Kier alpha value is -2.07. The summed E-state index contributed by atoms with van der Waals surface area (Å²) in [7, 11) is 1.65. The number of carbonyl (C=O) groups is 1. The molecule has 2 aromatic rings. The van der Waals surface area contributed by atoms with Gasteiger partial charge >= 0.3 is 0 Å². The van der Waals surface area contributed by atoms with Gasteiger partial charge in [-0.1, -0.05) is 25.4 Å². The van der Waals surface area contributed by atoms with E-state index in [0.717, 1.165) is 28.5 Å². The topological polar surface area (TPSA) is 38.3 Å². The number of benzene rings is 2. The van der Waals surface area contributed by atoms with Crippen molar-refractivity contribution in [1.82, 2.24) is 5.32 Å². The number of carbonyl (C=O) groups excluding carboxylic acids is 1. The van der Waals surface area contributed by atoms with Gasteiger partial charge in [0.05, 0.1) is 18.7 Å². The molecule has 0 aliphatic carbocycles. The van der Waals surface area contributed by atoms with Gasteiger partial charge in [-0.3, -0.25) is 4.79 Å². The van der Waals surface area contributed by atoms with Crippen molar-refractivity contribution >= 4 is 17.5 Å². The summed E-state index contributed by atoms with van der Waals surface area (Å²) in [6.45, 7) is 8.02. The Balaban J connectivity index is 2.29. The predicted molar refractivity (Wildman–Crippen MR) is 99.1 cm³/mol. The third-order valence-corrected chi connectivity index (χ3v) is 4.47. The minimum atomic E-state index is -0.633. The molecule has 0 unspecified atom stereocenters.